The van der Waals surface area contributed by atoms with Gasteiger partial charge in [-0.05, 0) is 31.2 Å². The molecule has 1 N–H and O–H groups in total. The number of pyridine rings is 1. The molecule has 136 valence electrons. The highest BCUT2D eigenvalue weighted by molar-refractivity contribution is 5.93. The number of rotatable bonds is 5. The molecule has 0 atom stereocenters. The number of hydrogen-bond acceptors (Lipinski definition) is 5. The molecule has 7 nitrogen and oxygen atoms in total. The molecule has 10 heteroatoms. The van der Waals surface area contributed by atoms with Gasteiger partial charge in [-0.2, -0.15) is 18.2 Å². The first kappa shape index (κ1) is 17.6. The van der Waals surface area contributed by atoms with Crippen molar-refractivity contribution in [2.24, 2.45) is 0 Å². The molecule has 0 saturated carbocycles. The first-order valence-corrected chi connectivity index (χ1v) is 7.68. The molecule has 3 rings (SSSR count). The highest BCUT2D eigenvalue weighted by Crippen LogP contribution is 2.27. The number of nitrogens with one attached hydrogen (secondary N) is 1. The van der Waals surface area contributed by atoms with Gasteiger partial charge in [0.2, 0.25) is 11.7 Å². The molecule has 1 amide bonds. The van der Waals surface area contributed by atoms with Crippen LogP contribution in [0.5, 0.6) is 0 Å². The predicted molar refractivity (Wildman–Crippen MR) is 83.8 cm³/mol. The number of hydrogen-bond donors (Lipinski definition) is 1. The Morgan fingerprint density at radius 3 is 2.77 bits per heavy atom. The zero-order valence-electron chi connectivity index (χ0n) is 13.6. The first-order chi connectivity index (χ1) is 12.4. The van der Waals surface area contributed by atoms with Crippen molar-refractivity contribution >= 4 is 5.91 Å². The monoisotopic (exact) mass is 365 g/mol. The minimum Gasteiger partial charge on any atom is -0.345 e. The van der Waals surface area contributed by atoms with E-state index in [0.717, 1.165) is 30.6 Å². The van der Waals surface area contributed by atoms with Gasteiger partial charge < -0.3 is 14.4 Å². The van der Waals surface area contributed by atoms with Gasteiger partial charge in [0, 0.05) is 18.9 Å². The molecule has 0 saturated heterocycles. The van der Waals surface area contributed by atoms with Gasteiger partial charge >= 0.3 is 6.18 Å². The molecule has 0 aliphatic rings. The summed E-state index contributed by atoms with van der Waals surface area (Å²) in [4.78, 5) is 19.4. The third-order valence-electron chi connectivity index (χ3n) is 3.58. The SMILES string of the molecule is CCn1cccc1-c1noc(CNC(=O)c2ccc(C(F)(F)F)nc2)n1. The van der Waals surface area contributed by atoms with Crippen molar-refractivity contribution in [1.29, 1.82) is 0 Å². The topological polar surface area (TPSA) is 85.8 Å². The van der Waals surface area contributed by atoms with Crippen LogP contribution in [0.2, 0.25) is 0 Å². The van der Waals surface area contributed by atoms with Gasteiger partial charge in [0.1, 0.15) is 5.69 Å². The fraction of sp³-hybridized carbons (Fsp3) is 0.250. The number of nitrogens with zero attached hydrogens (tertiary/aromatic N) is 4. The second-order valence-electron chi connectivity index (χ2n) is 5.30. The predicted octanol–water partition coefficient (Wildman–Crippen LogP) is 2.90. The number of aromatic nitrogens is 4. The summed E-state index contributed by atoms with van der Waals surface area (Å²) in [6, 6.07) is 5.50. The Bertz CT molecular complexity index is 899. The van der Waals surface area contributed by atoms with Crippen molar-refractivity contribution in [3.05, 3.63) is 53.8 Å². The Kier molecular flexibility index (Phi) is 4.74. The van der Waals surface area contributed by atoms with E-state index in [4.69, 9.17) is 4.52 Å². The number of alkyl halides is 3. The van der Waals surface area contributed by atoms with Crippen molar-refractivity contribution in [3.8, 4) is 11.5 Å². The molecule has 0 spiro atoms. The van der Waals surface area contributed by atoms with Crippen LogP contribution < -0.4 is 5.32 Å². The molecule has 3 heterocycles. The van der Waals surface area contributed by atoms with Crippen LogP contribution in [-0.4, -0.2) is 25.6 Å². The van der Waals surface area contributed by atoms with E-state index < -0.39 is 17.8 Å². The van der Waals surface area contributed by atoms with E-state index in [-0.39, 0.29) is 18.0 Å². The Balaban J connectivity index is 1.63. The summed E-state index contributed by atoms with van der Waals surface area (Å²) in [7, 11) is 0. The largest absolute Gasteiger partial charge is 0.433 e. The standard InChI is InChI=1S/C16H14F3N5O2/c1-2-24-7-3-4-11(24)14-22-13(26-23-14)9-21-15(25)10-5-6-12(20-8-10)16(17,18)19/h3-8H,2,9H2,1H3,(H,21,25). The maximum atomic E-state index is 12.5. The Hall–Kier alpha value is -3.17. The van der Waals surface area contributed by atoms with Crippen molar-refractivity contribution in [2.75, 3.05) is 0 Å². The first-order valence-electron chi connectivity index (χ1n) is 7.68. The smallest absolute Gasteiger partial charge is 0.345 e. The third-order valence-corrected chi connectivity index (χ3v) is 3.58. The van der Waals surface area contributed by atoms with Crippen LogP contribution >= 0.6 is 0 Å². The van der Waals surface area contributed by atoms with Gasteiger partial charge in [0.05, 0.1) is 17.8 Å². The van der Waals surface area contributed by atoms with Gasteiger partial charge in [-0.3, -0.25) is 9.78 Å². The molecule has 0 unspecified atom stereocenters. The molecule has 3 aromatic heterocycles. The second kappa shape index (κ2) is 6.98. The molecule has 0 aliphatic heterocycles. The zero-order valence-corrected chi connectivity index (χ0v) is 13.6. The Labute approximate surface area is 145 Å². The normalized spacial score (nSPS) is 11.5. The fourth-order valence-electron chi connectivity index (χ4n) is 2.28. The highest BCUT2D eigenvalue weighted by atomic mass is 19.4. The van der Waals surface area contributed by atoms with E-state index in [9.17, 15) is 18.0 Å². The van der Waals surface area contributed by atoms with E-state index in [1.54, 1.807) is 0 Å². The van der Waals surface area contributed by atoms with Crippen LogP contribution in [0.15, 0.2) is 41.2 Å². The summed E-state index contributed by atoms with van der Waals surface area (Å²) in [5.74, 6) is -0.0303. The number of carbonyl (C=O) groups excluding carboxylic acids is 1. The summed E-state index contributed by atoms with van der Waals surface area (Å²) >= 11 is 0. The lowest BCUT2D eigenvalue weighted by molar-refractivity contribution is -0.141. The van der Waals surface area contributed by atoms with Crippen molar-refractivity contribution in [3.63, 3.8) is 0 Å². The van der Waals surface area contributed by atoms with Crippen LogP contribution in [0, 0.1) is 0 Å². The third kappa shape index (κ3) is 3.73. The molecule has 26 heavy (non-hydrogen) atoms. The molecule has 0 radical (unpaired) electrons. The van der Waals surface area contributed by atoms with E-state index in [0.29, 0.717) is 5.82 Å². The lowest BCUT2D eigenvalue weighted by Crippen LogP contribution is -2.23. The number of amides is 1. The van der Waals surface area contributed by atoms with Crippen LogP contribution in [0.25, 0.3) is 11.5 Å². The number of carbonyl (C=O) groups is 1. The average molecular weight is 365 g/mol. The highest BCUT2D eigenvalue weighted by Gasteiger charge is 2.32. The van der Waals surface area contributed by atoms with Crippen molar-refractivity contribution in [1.82, 2.24) is 25.0 Å². The lowest BCUT2D eigenvalue weighted by Gasteiger charge is -2.06. The minimum atomic E-state index is -4.55. The quantitative estimate of drug-likeness (QED) is 0.751. The maximum absolute atomic E-state index is 12.5. The summed E-state index contributed by atoms with van der Waals surface area (Å²) in [6.07, 6.45) is -1.80. The molecule has 0 fully saturated rings. The molecule has 0 aromatic carbocycles. The van der Waals surface area contributed by atoms with E-state index in [1.807, 2.05) is 29.8 Å². The minimum absolute atomic E-state index is 0.00222. The lowest BCUT2D eigenvalue weighted by atomic mass is 10.2. The van der Waals surface area contributed by atoms with Crippen molar-refractivity contribution in [2.45, 2.75) is 26.2 Å². The van der Waals surface area contributed by atoms with E-state index in [1.165, 1.54) is 0 Å². The van der Waals surface area contributed by atoms with Gasteiger partial charge in [-0.15, -0.1) is 0 Å². The summed E-state index contributed by atoms with van der Waals surface area (Å²) in [5.41, 5.74) is -0.284. The van der Waals surface area contributed by atoms with E-state index >= 15 is 0 Å². The molecule has 3 aromatic rings. The number of halogens is 3. The molecule has 0 bridgehead atoms. The van der Waals surface area contributed by atoms with Gasteiger partial charge in [-0.25, -0.2) is 0 Å². The fourth-order valence-corrected chi connectivity index (χ4v) is 2.28. The Morgan fingerprint density at radius 1 is 1.31 bits per heavy atom. The summed E-state index contributed by atoms with van der Waals surface area (Å²) in [6.45, 7) is 2.66. The van der Waals surface area contributed by atoms with Crippen LogP contribution in [0.1, 0.15) is 28.9 Å². The van der Waals surface area contributed by atoms with Crippen LogP contribution in [0.4, 0.5) is 13.2 Å². The van der Waals surface area contributed by atoms with Crippen molar-refractivity contribution < 1.29 is 22.5 Å². The maximum Gasteiger partial charge on any atom is 0.433 e. The average Bonchev–Trinajstić information content (AvgIpc) is 3.27. The molecule has 0 aliphatic carbocycles. The number of aryl methyl sites for hydroxylation is 1. The molecular weight excluding hydrogens is 351 g/mol. The van der Waals surface area contributed by atoms with Gasteiger partial charge in [0.25, 0.3) is 5.91 Å². The zero-order chi connectivity index (χ0) is 18.7. The second-order valence-corrected chi connectivity index (χ2v) is 5.30. The van der Waals surface area contributed by atoms with E-state index in [2.05, 4.69) is 20.4 Å². The molecular formula is C16H14F3N5O2. The van der Waals surface area contributed by atoms with Gasteiger partial charge in [-0.1, -0.05) is 5.16 Å². The Morgan fingerprint density at radius 2 is 2.12 bits per heavy atom. The van der Waals surface area contributed by atoms with Crippen LogP contribution in [0.3, 0.4) is 0 Å². The summed E-state index contributed by atoms with van der Waals surface area (Å²) in [5, 5.41) is 6.36. The van der Waals surface area contributed by atoms with Crippen LogP contribution in [-0.2, 0) is 19.3 Å². The van der Waals surface area contributed by atoms with Gasteiger partial charge in [0.15, 0.2) is 0 Å². The summed E-state index contributed by atoms with van der Waals surface area (Å²) < 4.78 is 44.4.